The van der Waals surface area contributed by atoms with E-state index >= 15 is 0 Å². The Hall–Kier alpha value is -3.19. The van der Waals surface area contributed by atoms with Crippen molar-refractivity contribution in [1.29, 1.82) is 0 Å². The summed E-state index contributed by atoms with van der Waals surface area (Å²) in [4.78, 5) is 43.0. The zero-order valence-electron chi connectivity index (χ0n) is 18.9. The van der Waals surface area contributed by atoms with Crippen LogP contribution < -0.4 is 10.2 Å². The van der Waals surface area contributed by atoms with Gasteiger partial charge in [-0.1, -0.05) is 42.5 Å². The first-order valence-corrected chi connectivity index (χ1v) is 10.9. The monoisotopic (exact) mass is 435 g/mol. The van der Waals surface area contributed by atoms with Crippen LogP contribution in [0.25, 0.3) is 0 Å². The molecule has 4 atom stereocenters. The highest BCUT2D eigenvalue weighted by Gasteiger charge is 2.68. The van der Waals surface area contributed by atoms with Crippen LogP contribution in [-0.2, 0) is 25.5 Å². The van der Waals surface area contributed by atoms with Crippen molar-refractivity contribution in [3.8, 4) is 0 Å². The predicted molar refractivity (Wildman–Crippen MR) is 121 cm³/mol. The fourth-order valence-electron chi connectivity index (χ4n) is 5.01. The number of fused-ring (bicyclic) bond motifs is 1. The number of nitrogens with zero attached hydrogens (tertiary/aromatic N) is 2. The highest BCUT2D eigenvalue weighted by Crippen LogP contribution is 2.50. The van der Waals surface area contributed by atoms with Gasteiger partial charge >= 0.3 is 5.97 Å². The van der Waals surface area contributed by atoms with Crippen LogP contribution in [-0.4, -0.2) is 56.0 Å². The summed E-state index contributed by atoms with van der Waals surface area (Å²) in [5.74, 6) is -2.62. The maximum absolute atomic E-state index is 13.4. The maximum Gasteiger partial charge on any atom is 0.327 e. The van der Waals surface area contributed by atoms with Crippen LogP contribution in [0.5, 0.6) is 0 Å². The minimum absolute atomic E-state index is 0.189. The first-order valence-electron chi connectivity index (χ1n) is 10.9. The van der Waals surface area contributed by atoms with E-state index in [-0.39, 0.29) is 24.8 Å². The number of carbonyl (C=O) groups excluding carboxylic acids is 3. The summed E-state index contributed by atoms with van der Waals surface area (Å²) < 4.78 is 5.47. The van der Waals surface area contributed by atoms with Gasteiger partial charge in [0.15, 0.2) is 0 Å². The van der Waals surface area contributed by atoms with E-state index in [4.69, 9.17) is 4.74 Å². The Morgan fingerprint density at radius 3 is 2.31 bits per heavy atom. The van der Waals surface area contributed by atoms with Gasteiger partial charge in [-0.25, -0.2) is 0 Å². The van der Waals surface area contributed by atoms with Crippen molar-refractivity contribution in [1.82, 2.24) is 10.2 Å². The number of hydrogen-bond donors (Lipinski definition) is 1. The van der Waals surface area contributed by atoms with Crippen molar-refractivity contribution in [3.63, 3.8) is 0 Å². The Kier molecular flexibility index (Phi) is 5.77. The summed E-state index contributed by atoms with van der Waals surface area (Å²) in [7, 11) is 5.41. The minimum atomic E-state index is -1.33. The topological polar surface area (TPSA) is 79.0 Å². The van der Waals surface area contributed by atoms with E-state index < -0.39 is 29.4 Å². The lowest BCUT2D eigenvalue weighted by molar-refractivity contribution is -0.156. The molecule has 0 unspecified atom stereocenters. The molecule has 2 aromatic carbocycles. The van der Waals surface area contributed by atoms with Gasteiger partial charge in [0.2, 0.25) is 11.8 Å². The number of rotatable bonds is 6. The molecule has 2 aliphatic rings. The lowest BCUT2D eigenvalue weighted by atomic mass is 9.76. The Morgan fingerprint density at radius 2 is 1.72 bits per heavy atom. The van der Waals surface area contributed by atoms with E-state index in [1.165, 1.54) is 7.05 Å². The third-order valence-corrected chi connectivity index (χ3v) is 6.61. The molecule has 2 saturated heterocycles. The zero-order chi connectivity index (χ0) is 23.0. The van der Waals surface area contributed by atoms with E-state index in [0.717, 1.165) is 21.7 Å². The van der Waals surface area contributed by atoms with E-state index in [1.807, 2.05) is 73.6 Å². The molecule has 2 amide bonds. The van der Waals surface area contributed by atoms with Crippen molar-refractivity contribution < 1.29 is 19.1 Å². The van der Waals surface area contributed by atoms with Crippen LogP contribution in [0, 0.1) is 11.8 Å². The molecule has 2 aliphatic heterocycles. The number of amides is 2. The highest BCUT2D eigenvalue weighted by molar-refractivity contribution is 6.09. The number of esters is 1. The molecule has 0 aromatic heterocycles. The lowest BCUT2D eigenvalue weighted by Gasteiger charge is -2.32. The second kappa shape index (κ2) is 8.39. The maximum atomic E-state index is 13.4. The number of anilines is 1. The quantitative estimate of drug-likeness (QED) is 0.554. The summed E-state index contributed by atoms with van der Waals surface area (Å²) in [6, 6.07) is 16.9. The molecular weight excluding hydrogens is 406 g/mol. The molecular formula is C25H29N3O4. The number of hydrogen-bond acceptors (Lipinski definition) is 6. The Balaban J connectivity index is 1.82. The Bertz CT molecular complexity index is 1020. The Labute approximate surface area is 188 Å². The van der Waals surface area contributed by atoms with Crippen molar-refractivity contribution in [2.75, 3.05) is 32.6 Å². The molecule has 0 radical (unpaired) electrons. The SMILES string of the molecule is CCOC(=O)[C@@]1(Cc2ccccc2)N[C@@H](c2ccc(N(C)C)cc2)[C@H]2C(=O)N(C)C(=O)[C@@H]21. The van der Waals surface area contributed by atoms with Crippen molar-refractivity contribution >= 4 is 23.5 Å². The molecule has 2 aromatic rings. The third kappa shape index (κ3) is 3.46. The van der Waals surface area contributed by atoms with Gasteiger partial charge in [-0.05, 0) is 30.2 Å². The van der Waals surface area contributed by atoms with Crippen LogP contribution in [0.15, 0.2) is 54.6 Å². The first-order chi connectivity index (χ1) is 15.3. The average Bonchev–Trinajstić information content (AvgIpc) is 3.24. The molecule has 7 heteroatoms. The van der Waals surface area contributed by atoms with Gasteiger partial charge in [0, 0.05) is 39.3 Å². The number of benzene rings is 2. The minimum Gasteiger partial charge on any atom is -0.465 e. The van der Waals surface area contributed by atoms with E-state index in [0.29, 0.717) is 0 Å². The van der Waals surface area contributed by atoms with Crippen LogP contribution in [0.3, 0.4) is 0 Å². The van der Waals surface area contributed by atoms with Crippen LogP contribution in [0.2, 0.25) is 0 Å². The zero-order valence-corrected chi connectivity index (χ0v) is 18.9. The largest absolute Gasteiger partial charge is 0.465 e. The molecule has 7 nitrogen and oxygen atoms in total. The van der Waals surface area contributed by atoms with Gasteiger partial charge in [-0.15, -0.1) is 0 Å². The predicted octanol–water partition coefficient (Wildman–Crippen LogP) is 2.17. The molecule has 2 heterocycles. The van der Waals surface area contributed by atoms with Gasteiger partial charge in [-0.2, -0.15) is 0 Å². The van der Waals surface area contributed by atoms with Gasteiger partial charge in [-0.3, -0.25) is 24.6 Å². The average molecular weight is 436 g/mol. The van der Waals surface area contributed by atoms with Crippen molar-refractivity contribution in [2.45, 2.75) is 24.9 Å². The second-order valence-electron chi connectivity index (χ2n) is 8.70. The summed E-state index contributed by atoms with van der Waals surface area (Å²) in [5, 5.41) is 3.43. The number of likely N-dealkylation sites (tertiary alicyclic amines) is 1. The van der Waals surface area contributed by atoms with Crippen LogP contribution in [0.1, 0.15) is 24.1 Å². The molecule has 4 rings (SSSR count). The van der Waals surface area contributed by atoms with Gasteiger partial charge in [0.05, 0.1) is 18.4 Å². The van der Waals surface area contributed by atoms with Gasteiger partial charge in [0.25, 0.3) is 0 Å². The number of nitrogens with one attached hydrogen (secondary N) is 1. The molecule has 1 N–H and O–H groups in total. The van der Waals surface area contributed by atoms with E-state index in [2.05, 4.69) is 5.32 Å². The van der Waals surface area contributed by atoms with E-state index in [1.54, 1.807) is 6.92 Å². The molecule has 0 bridgehead atoms. The summed E-state index contributed by atoms with van der Waals surface area (Å²) in [6.07, 6.45) is 0.257. The summed E-state index contributed by atoms with van der Waals surface area (Å²) in [6.45, 7) is 1.93. The standard InChI is InChI=1S/C25H29N3O4/c1-5-32-24(31)25(15-16-9-7-6-8-10-16)20-19(22(29)28(4)23(20)30)21(26-25)17-11-13-18(14-12-17)27(2)3/h6-14,19-21,26H,5,15H2,1-4H3/t19-,20+,21-,25-/m0/s1. The smallest absolute Gasteiger partial charge is 0.327 e. The fraction of sp³-hybridized carbons (Fsp3) is 0.400. The number of carbonyl (C=O) groups is 3. The third-order valence-electron chi connectivity index (χ3n) is 6.61. The fourth-order valence-corrected chi connectivity index (χ4v) is 5.01. The second-order valence-corrected chi connectivity index (χ2v) is 8.70. The number of imide groups is 1. The molecule has 0 spiro atoms. The van der Waals surface area contributed by atoms with Gasteiger partial charge < -0.3 is 9.64 Å². The molecule has 32 heavy (non-hydrogen) atoms. The molecule has 0 aliphatic carbocycles. The van der Waals surface area contributed by atoms with Crippen LogP contribution >= 0.6 is 0 Å². The summed E-state index contributed by atoms with van der Waals surface area (Å²) in [5.41, 5.74) is 1.45. The molecule has 0 saturated carbocycles. The Morgan fingerprint density at radius 1 is 1.06 bits per heavy atom. The first kappa shape index (κ1) is 22.0. The highest BCUT2D eigenvalue weighted by atomic mass is 16.5. The van der Waals surface area contributed by atoms with Crippen molar-refractivity contribution in [3.05, 3.63) is 65.7 Å². The van der Waals surface area contributed by atoms with Crippen molar-refractivity contribution in [2.24, 2.45) is 11.8 Å². The molecule has 168 valence electrons. The summed E-state index contributed by atoms with van der Waals surface area (Å²) >= 11 is 0. The number of ether oxygens (including phenoxy) is 1. The van der Waals surface area contributed by atoms with Crippen LogP contribution in [0.4, 0.5) is 5.69 Å². The lowest BCUT2D eigenvalue weighted by Crippen LogP contribution is -2.57. The van der Waals surface area contributed by atoms with Gasteiger partial charge in [0.1, 0.15) is 5.54 Å². The normalized spacial score (nSPS) is 26.9. The molecule has 2 fully saturated rings. The van der Waals surface area contributed by atoms with E-state index in [9.17, 15) is 14.4 Å².